The monoisotopic (exact) mass is 285 g/mol. The number of halogens is 1. The van der Waals surface area contributed by atoms with E-state index in [0.29, 0.717) is 11.0 Å². The Morgan fingerprint density at radius 3 is 2.70 bits per heavy atom. The van der Waals surface area contributed by atoms with E-state index in [-0.39, 0.29) is 0 Å². The Morgan fingerprint density at radius 2 is 1.90 bits per heavy atom. The maximum Gasteiger partial charge on any atom is 0.201 e. The lowest BCUT2D eigenvalue weighted by Crippen LogP contribution is -2.04. The first-order valence-corrected chi connectivity index (χ1v) is 7.07. The highest BCUT2D eigenvalue weighted by Crippen LogP contribution is 2.22. The van der Waals surface area contributed by atoms with Crippen molar-refractivity contribution in [1.82, 2.24) is 9.55 Å². The predicted octanol–water partition coefficient (Wildman–Crippen LogP) is 3.90. The molecule has 0 fully saturated rings. The molecular formula is C16H16ClN3. The molecule has 0 aliphatic rings. The largest absolute Gasteiger partial charge is 0.369 e. The number of rotatable bonds is 4. The van der Waals surface area contributed by atoms with E-state index in [9.17, 15) is 0 Å². The smallest absolute Gasteiger partial charge is 0.201 e. The average molecular weight is 286 g/mol. The van der Waals surface area contributed by atoms with Crippen LogP contribution in [0.3, 0.4) is 0 Å². The van der Waals surface area contributed by atoms with Gasteiger partial charge in [-0.2, -0.15) is 0 Å². The number of hydrogen-bond donors (Lipinski definition) is 1. The standard InChI is InChI=1S/C16H16ClN3/c17-13-8-9-14-15(11-13)20(16(18)19-14)10-4-7-12-5-2-1-3-6-12/h1-3,5-6,8-9,11H,4,7,10H2,(H2,18,19). The molecule has 0 saturated carbocycles. The number of hydrogen-bond acceptors (Lipinski definition) is 2. The van der Waals surface area contributed by atoms with Gasteiger partial charge in [-0.05, 0) is 36.6 Å². The molecule has 3 aromatic rings. The molecule has 0 aliphatic carbocycles. The Labute approximate surface area is 123 Å². The van der Waals surface area contributed by atoms with Crippen molar-refractivity contribution in [3.8, 4) is 0 Å². The van der Waals surface area contributed by atoms with Gasteiger partial charge >= 0.3 is 0 Å². The van der Waals surface area contributed by atoms with Gasteiger partial charge in [-0.1, -0.05) is 41.9 Å². The Hall–Kier alpha value is -2.00. The van der Waals surface area contributed by atoms with Gasteiger partial charge < -0.3 is 10.3 Å². The molecule has 0 atom stereocenters. The molecule has 1 aromatic heterocycles. The summed E-state index contributed by atoms with van der Waals surface area (Å²) in [4.78, 5) is 4.36. The van der Waals surface area contributed by atoms with Crippen LogP contribution in [0.4, 0.5) is 5.95 Å². The molecule has 2 aromatic carbocycles. The third-order valence-corrected chi connectivity index (χ3v) is 3.66. The molecule has 0 spiro atoms. The highest BCUT2D eigenvalue weighted by Gasteiger charge is 2.08. The van der Waals surface area contributed by atoms with Crippen LogP contribution in [0.15, 0.2) is 48.5 Å². The summed E-state index contributed by atoms with van der Waals surface area (Å²) in [6.45, 7) is 0.845. The first kappa shape index (κ1) is 13.0. The van der Waals surface area contributed by atoms with Crippen LogP contribution in [0.5, 0.6) is 0 Å². The number of fused-ring (bicyclic) bond motifs is 1. The van der Waals surface area contributed by atoms with E-state index in [1.165, 1.54) is 5.56 Å². The van der Waals surface area contributed by atoms with Crippen LogP contribution in [0.1, 0.15) is 12.0 Å². The van der Waals surface area contributed by atoms with Gasteiger partial charge in [0, 0.05) is 11.6 Å². The van der Waals surface area contributed by atoms with E-state index >= 15 is 0 Å². The van der Waals surface area contributed by atoms with Crippen molar-refractivity contribution < 1.29 is 0 Å². The second kappa shape index (κ2) is 5.55. The maximum atomic E-state index is 6.05. The number of imidazole rings is 1. The Morgan fingerprint density at radius 1 is 1.10 bits per heavy atom. The summed E-state index contributed by atoms with van der Waals surface area (Å²) in [6.07, 6.45) is 2.05. The van der Waals surface area contributed by atoms with Crippen LogP contribution >= 0.6 is 11.6 Å². The second-order valence-electron chi connectivity index (χ2n) is 4.84. The van der Waals surface area contributed by atoms with Crippen LogP contribution in [-0.4, -0.2) is 9.55 Å². The van der Waals surface area contributed by atoms with Crippen LogP contribution in [0.2, 0.25) is 5.02 Å². The molecule has 0 amide bonds. The molecule has 4 heteroatoms. The Bertz CT molecular complexity index is 719. The van der Waals surface area contributed by atoms with Crippen molar-refractivity contribution in [2.24, 2.45) is 0 Å². The van der Waals surface area contributed by atoms with Crippen LogP contribution < -0.4 is 5.73 Å². The fraction of sp³-hybridized carbons (Fsp3) is 0.188. The van der Waals surface area contributed by atoms with E-state index in [2.05, 4.69) is 29.2 Å². The second-order valence-corrected chi connectivity index (χ2v) is 5.28. The van der Waals surface area contributed by atoms with E-state index < -0.39 is 0 Å². The van der Waals surface area contributed by atoms with Gasteiger partial charge in [-0.3, -0.25) is 0 Å². The van der Waals surface area contributed by atoms with E-state index in [1.54, 1.807) is 0 Å². The van der Waals surface area contributed by atoms with Crippen LogP contribution in [0, 0.1) is 0 Å². The number of nitrogens with two attached hydrogens (primary N) is 1. The van der Waals surface area contributed by atoms with Crippen molar-refractivity contribution in [3.05, 3.63) is 59.1 Å². The average Bonchev–Trinajstić information content (AvgIpc) is 2.76. The summed E-state index contributed by atoms with van der Waals surface area (Å²) >= 11 is 6.05. The highest BCUT2D eigenvalue weighted by molar-refractivity contribution is 6.31. The van der Waals surface area contributed by atoms with E-state index in [4.69, 9.17) is 17.3 Å². The molecule has 102 valence electrons. The zero-order valence-electron chi connectivity index (χ0n) is 11.1. The van der Waals surface area contributed by atoms with Crippen molar-refractivity contribution in [2.45, 2.75) is 19.4 Å². The lowest BCUT2D eigenvalue weighted by molar-refractivity contribution is 0.665. The summed E-state index contributed by atoms with van der Waals surface area (Å²) in [5.41, 5.74) is 9.23. The molecule has 0 radical (unpaired) electrons. The van der Waals surface area contributed by atoms with Crippen molar-refractivity contribution in [1.29, 1.82) is 0 Å². The summed E-state index contributed by atoms with van der Waals surface area (Å²) in [5.74, 6) is 0.551. The molecule has 2 N–H and O–H groups in total. The Balaban J connectivity index is 1.77. The third-order valence-electron chi connectivity index (χ3n) is 3.43. The SMILES string of the molecule is Nc1nc2ccc(Cl)cc2n1CCCc1ccccc1. The molecule has 20 heavy (non-hydrogen) atoms. The third kappa shape index (κ3) is 2.63. The number of nitrogen functional groups attached to an aromatic ring is 1. The minimum absolute atomic E-state index is 0.551. The molecule has 0 saturated heterocycles. The molecule has 0 bridgehead atoms. The first-order chi connectivity index (χ1) is 9.74. The minimum atomic E-state index is 0.551. The summed E-state index contributed by atoms with van der Waals surface area (Å²) in [6, 6.07) is 16.1. The fourth-order valence-electron chi connectivity index (χ4n) is 2.44. The highest BCUT2D eigenvalue weighted by atomic mass is 35.5. The van der Waals surface area contributed by atoms with Crippen molar-refractivity contribution in [3.63, 3.8) is 0 Å². The summed E-state index contributed by atoms with van der Waals surface area (Å²) < 4.78 is 2.03. The van der Waals surface area contributed by atoms with Gasteiger partial charge in [0.2, 0.25) is 5.95 Å². The number of anilines is 1. The van der Waals surface area contributed by atoms with Gasteiger partial charge in [0.25, 0.3) is 0 Å². The zero-order valence-corrected chi connectivity index (χ0v) is 11.8. The lowest BCUT2D eigenvalue weighted by Gasteiger charge is -2.06. The van der Waals surface area contributed by atoms with Gasteiger partial charge in [-0.15, -0.1) is 0 Å². The lowest BCUT2D eigenvalue weighted by atomic mass is 10.1. The van der Waals surface area contributed by atoms with Crippen molar-refractivity contribution in [2.75, 3.05) is 5.73 Å². The number of benzene rings is 2. The summed E-state index contributed by atoms with van der Waals surface area (Å²) in [5, 5.41) is 0.710. The first-order valence-electron chi connectivity index (χ1n) is 6.69. The molecule has 0 aliphatic heterocycles. The van der Waals surface area contributed by atoms with E-state index in [1.807, 2.05) is 28.8 Å². The van der Waals surface area contributed by atoms with Gasteiger partial charge in [0.15, 0.2) is 0 Å². The topological polar surface area (TPSA) is 43.8 Å². The Kier molecular flexibility index (Phi) is 3.61. The summed E-state index contributed by atoms with van der Waals surface area (Å²) in [7, 11) is 0. The number of nitrogens with zero attached hydrogens (tertiary/aromatic N) is 2. The molecular weight excluding hydrogens is 270 g/mol. The van der Waals surface area contributed by atoms with Crippen LogP contribution in [-0.2, 0) is 13.0 Å². The molecule has 3 rings (SSSR count). The van der Waals surface area contributed by atoms with E-state index in [0.717, 1.165) is 30.4 Å². The number of aryl methyl sites for hydroxylation is 2. The quantitative estimate of drug-likeness (QED) is 0.790. The van der Waals surface area contributed by atoms with Gasteiger partial charge in [0.05, 0.1) is 11.0 Å². The normalized spacial score (nSPS) is 11.1. The molecule has 1 heterocycles. The molecule has 3 nitrogen and oxygen atoms in total. The minimum Gasteiger partial charge on any atom is -0.369 e. The predicted molar refractivity (Wildman–Crippen MR) is 83.9 cm³/mol. The van der Waals surface area contributed by atoms with Gasteiger partial charge in [0.1, 0.15) is 0 Å². The zero-order chi connectivity index (χ0) is 13.9. The van der Waals surface area contributed by atoms with Crippen LogP contribution in [0.25, 0.3) is 11.0 Å². The van der Waals surface area contributed by atoms with Gasteiger partial charge in [-0.25, -0.2) is 4.98 Å². The molecule has 0 unspecified atom stereocenters. The number of aromatic nitrogens is 2. The maximum absolute atomic E-state index is 6.05. The van der Waals surface area contributed by atoms with Crippen molar-refractivity contribution >= 4 is 28.6 Å². The fourth-order valence-corrected chi connectivity index (χ4v) is 2.60.